The lowest BCUT2D eigenvalue weighted by atomic mass is 10.0. The smallest absolute Gasteiger partial charge is 0.302 e. The SMILES string of the molecule is CCCC(NCC(F)(F)F)c1ccccc1. The van der Waals surface area contributed by atoms with Crippen molar-refractivity contribution in [2.45, 2.75) is 32.0 Å². The minimum absolute atomic E-state index is 0.215. The molecule has 0 radical (unpaired) electrons. The Morgan fingerprint density at radius 1 is 1.19 bits per heavy atom. The molecule has 1 unspecified atom stereocenters. The average Bonchev–Trinajstić information content (AvgIpc) is 2.24. The molecular weight excluding hydrogens is 215 g/mol. The fourth-order valence-corrected chi connectivity index (χ4v) is 1.60. The van der Waals surface area contributed by atoms with Gasteiger partial charge in [-0.15, -0.1) is 0 Å². The van der Waals surface area contributed by atoms with Crippen molar-refractivity contribution in [3.8, 4) is 0 Å². The summed E-state index contributed by atoms with van der Waals surface area (Å²) in [6.45, 7) is 1.03. The van der Waals surface area contributed by atoms with E-state index < -0.39 is 12.7 Å². The molecule has 1 aromatic rings. The number of benzene rings is 1. The number of hydrogen-bond acceptors (Lipinski definition) is 1. The summed E-state index contributed by atoms with van der Waals surface area (Å²) in [4.78, 5) is 0. The van der Waals surface area contributed by atoms with Gasteiger partial charge in [0, 0.05) is 6.04 Å². The molecule has 0 bridgehead atoms. The van der Waals surface area contributed by atoms with Crippen LogP contribution in [-0.4, -0.2) is 12.7 Å². The molecule has 0 saturated carbocycles. The molecule has 1 atom stereocenters. The maximum atomic E-state index is 12.1. The van der Waals surface area contributed by atoms with E-state index in [1.807, 2.05) is 37.3 Å². The molecule has 0 spiro atoms. The molecule has 90 valence electrons. The summed E-state index contributed by atoms with van der Waals surface area (Å²) < 4.78 is 36.3. The van der Waals surface area contributed by atoms with Crippen LogP contribution in [0.5, 0.6) is 0 Å². The third-order valence-electron chi connectivity index (χ3n) is 2.33. The monoisotopic (exact) mass is 231 g/mol. The van der Waals surface area contributed by atoms with Gasteiger partial charge in [-0.25, -0.2) is 0 Å². The van der Waals surface area contributed by atoms with E-state index in [1.165, 1.54) is 0 Å². The van der Waals surface area contributed by atoms with Gasteiger partial charge in [0.2, 0.25) is 0 Å². The molecule has 0 amide bonds. The third-order valence-corrected chi connectivity index (χ3v) is 2.33. The van der Waals surface area contributed by atoms with Crippen LogP contribution >= 0.6 is 0 Å². The van der Waals surface area contributed by atoms with E-state index >= 15 is 0 Å². The van der Waals surface area contributed by atoms with Crippen molar-refractivity contribution in [2.75, 3.05) is 6.54 Å². The quantitative estimate of drug-likeness (QED) is 0.815. The first-order valence-corrected chi connectivity index (χ1v) is 5.38. The molecular formula is C12H16F3N. The van der Waals surface area contributed by atoms with Crippen molar-refractivity contribution < 1.29 is 13.2 Å². The molecule has 0 fully saturated rings. The van der Waals surface area contributed by atoms with Gasteiger partial charge in [0.05, 0.1) is 6.54 Å². The van der Waals surface area contributed by atoms with Crippen molar-refractivity contribution >= 4 is 0 Å². The predicted octanol–water partition coefficient (Wildman–Crippen LogP) is 3.68. The van der Waals surface area contributed by atoms with Gasteiger partial charge < -0.3 is 5.32 Å². The highest BCUT2D eigenvalue weighted by Gasteiger charge is 2.28. The van der Waals surface area contributed by atoms with E-state index in [0.717, 1.165) is 12.0 Å². The molecule has 0 aliphatic rings. The van der Waals surface area contributed by atoms with Crippen LogP contribution in [0.4, 0.5) is 13.2 Å². The Kier molecular flexibility index (Phi) is 4.80. The number of nitrogens with one attached hydrogen (secondary N) is 1. The molecule has 4 heteroatoms. The van der Waals surface area contributed by atoms with E-state index in [2.05, 4.69) is 5.32 Å². The van der Waals surface area contributed by atoms with Crippen molar-refractivity contribution in [3.05, 3.63) is 35.9 Å². The Balaban J connectivity index is 2.61. The average molecular weight is 231 g/mol. The second-order valence-electron chi connectivity index (χ2n) is 3.75. The molecule has 0 aliphatic carbocycles. The van der Waals surface area contributed by atoms with Gasteiger partial charge in [0.15, 0.2) is 0 Å². The lowest BCUT2D eigenvalue weighted by molar-refractivity contribution is -0.126. The molecule has 1 aromatic carbocycles. The maximum Gasteiger partial charge on any atom is 0.401 e. The second kappa shape index (κ2) is 5.89. The Bertz CT molecular complexity index is 295. The highest BCUT2D eigenvalue weighted by atomic mass is 19.4. The van der Waals surface area contributed by atoms with Crippen LogP contribution < -0.4 is 5.32 Å². The van der Waals surface area contributed by atoms with Crippen LogP contribution in [0.2, 0.25) is 0 Å². The summed E-state index contributed by atoms with van der Waals surface area (Å²) in [5.41, 5.74) is 0.911. The van der Waals surface area contributed by atoms with Gasteiger partial charge in [-0.3, -0.25) is 0 Å². The number of halogens is 3. The minimum atomic E-state index is -4.15. The lowest BCUT2D eigenvalue weighted by Crippen LogP contribution is -2.32. The molecule has 1 N–H and O–H groups in total. The third kappa shape index (κ3) is 4.66. The summed E-state index contributed by atoms with van der Waals surface area (Å²) in [6, 6.07) is 9.03. The predicted molar refractivity (Wildman–Crippen MR) is 58.1 cm³/mol. The molecule has 0 aromatic heterocycles. The van der Waals surface area contributed by atoms with Crippen LogP contribution in [0.1, 0.15) is 31.4 Å². The molecule has 0 aliphatic heterocycles. The van der Waals surface area contributed by atoms with Crippen molar-refractivity contribution in [3.63, 3.8) is 0 Å². The second-order valence-corrected chi connectivity index (χ2v) is 3.75. The fraction of sp³-hybridized carbons (Fsp3) is 0.500. The summed E-state index contributed by atoms with van der Waals surface area (Å²) in [5, 5.41) is 2.55. The zero-order chi connectivity index (χ0) is 12.0. The van der Waals surface area contributed by atoms with Gasteiger partial charge in [-0.2, -0.15) is 13.2 Å². The topological polar surface area (TPSA) is 12.0 Å². The minimum Gasteiger partial charge on any atom is -0.302 e. The first-order valence-electron chi connectivity index (χ1n) is 5.38. The first-order chi connectivity index (χ1) is 7.53. The molecule has 0 saturated heterocycles. The molecule has 1 nitrogen and oxygen atoms in total. The van der Waals surface area contributed by atoms with Crippen LogP contribution in [0, 0.1) is 0 Å². The maximum absolute atomic E-state index is 12.1. The number of hydrogen-bond donors (Lipinski definition) is 1. The lowest BCUT2D eigenvalue weighted by Gasteiger charge is -2.19. The van der Waals surface area contributed by atoms with Crippen LogP contribution in [0.3, 0.4) is 0 Å². The van der Waals surface area contributed by atoms with Crippen molar-refractivity contribution in [2.24, 2.45) is 0 Å². The van der Waals surface area contributed by atoms with E-state index in [-0.39, 0.29) is 6.04 Å². The summed E-state index contributed by atoms with van der Waals surface area (Å²) in [6.07, 6.45) is -2.59. The first kappa shape index (κ1) is 13.0. The van der Waals surface area contributed by atoms with E-state index in [1.54, 1.807) is 0 Å². The van der Waals surface area contributed by atoms with Crippen molar-refractivity contribution in [1.82, 2.24) is 5.32 Å². The summed E-state index contributed by atoms with van der Waals surface area (Å²) >= 11 is 0. The standard InChI is InChI=1S/C12H16F3N/c1-2-6-11(16-9-12(13,14)15)10-7-4-3-5-8-10/h3-5,7-8,11,16H,2,6,9H2,1H3. The van der Waals surface area contributed by atoms with Crippen LogP contribution in [0.15, 0.2) is 30.3 Å². The van der Waals surface area contributed by atoms with Gasteiger partial charge in [0.25, 0.3) is 0 Å². The van der Waals surface area contributed by atoms with Crippen LogP contribution in [-0.2, 0) is 0 Å². The zero-order valence-corrected chi connectivity index (χ0v) is 9.22. The molecule has 16 heavy (non-hydrogen) atoms. The Morgan fingerprint density at radius 3 is 2.31 bits per heavy atom. The Hall–Kier alpha value is -1.03. The van der Waals surface area contributed by atoms with Gasteiger partial charge in [-0.05, 0) is 12.0 Å². The van der Waals surface area contributed by atoms with Gasteiger partial charge in [-0.1, -0.05) is 43.7 Å². The van der Waals surface area contributed by atoms with Gasteiger partial charge in [0.1, 0.15) is 0 Å². The molecule has 1 rings (SSSR count). The van der Waals surface area contributed by atoms with E-state index in [9.17, 15) is 13.2 Å². The highest BCUT2D eigenvalue weighted by molar-refractivity contribution is 5.18. The highest BCUT2D eigenvalue weighted by Crippen LogP contribution is 2.20. The summed E-state index contributed by atoms with van der Waals surface area (Å²) in [5.74, 6) is 0. The summed E-state index contributed by atoms with van der Waals surface area (Å²) in [7, 11) is 0. The normalized spacial score (nSPS) is 13.8. The Morgan fingerprint density at radius 2 is 1.81 bits per heavy atom. The number of alkyl halides is 3. The fourth-order valence-electron chi connectivity index (χ4n) is 1.60. The largest absolute Gasteiger partial charge is 0.401 e. The van der Waals surface area contributed by atoms with Gasteiger partial charge >= 0.3 is 6.18 Å². The zero-order valence-electron chi connectivity index (χ0n) is 9.22. The van der Waals surface area contributed by atoms with E-state index in [0.29, 0.717) is 6.42 Å². The van der Waals surface area contributed by atoms with E-state index in [4.69, 9.17) is 0 Å². The Labute approximate surface area is 93.7 Å². The van der Waals surface area contributed by atoms with Crippen LogP contribution in [0.25, 0.3) is 0 Å². The van der Waals surface area contributed by atoms with Crippen molar-refractivity contribution in [1.29, 1.82) is 0 Å². The molecule has 0 heterocycles. The number of rotatable bonds is 5.